The molecule has 0 aliphatic rings. The number of rotatable bonds is 45. The Bertz CT molecular complexity index is 830. The van der Waals surface area contributed by atoms with Crippen molar-refractivity contribution in [1.29, 1.82) is 0 Å². The standard InChI is InChI=1S/3C18H34O2.Al.H2O/c3*1-2-3-4-5-6-7-8-9-10-11-12-13-14-15-16-17-18(19)20;;/h3*9-10H,2-8,11-17H2,1H3,(H,19,20);;1H2/q;;;+3;/p-3/b3*10-9-;;. The molecule has 0 spiro atoms. The fourth-order valence-electron chi connectivity index (χ4n) is 7.03. The monoisotopic (exact) mass is 889 g/mol. The zero-order chi connectivity index (χ0) is 44.7. The summed E-state index contributed by atoms with van der Waals surface area (Å²) in [7, 11) is 0. The minimum Gasteiger partial charge on any atom is -0.870 e. The summed E-state index contributed by atoms with van der Waals surface area (Å²) in [5.41, 5.74) is 0. The molecule has 62 heavy (non-hydrogen) atoms. The minimum atomic E-state index is -0.914. The second-order valence-corrected chi connectivity index (χ2v) is 17.1. The van der Waals surface area contributed by atoms with Crippen LogP contribution in [-0.4, -0.2) is 45.9 Å². The largest absolute Gasteiger partial charge is 3.00 e. The number of carbonyl (C=O) groups is 3. The van der Waals surface area contributed by atoms with Crippen molar-refractivity contribution < 1.29 is 35.2 Å². The molecule has 0 aromatic carbocycles. The van der Waals surface area contributed by atoms with Crippen LogP contribution in [-0.2, 0) is 14.4 Å². The number of carbonyl (C=O) groups excluding carboxylic acids is 2. The summed E-state index contributed by atoms with van der Waals surface area (Å²) in [6.45, 7) is 6.77. The van der Waals surface area contributed by atoms with E-state index < -0.39 is 17.9 Å². The van der Waals surface area contributed by atoms with Gasteiger partial charge in [-0.1, -0.05) is 211 Å². The summed E-state index contributed by atoms with van der Waals surface area (Å²) < 4.78 is 0. The number of unbranched alkanes of at least 4 members (excludes halogenated alkanes) is 33. The van der Waals surface area contributed by atoms with Gasteiger partial charge in [0, 0.05) is 18.4 Å². The maximum atomic E-state index is 10.3. The van der Waals surface area contributed by atoms with E-state index in [1.165, 1.54) is 199 Å². The van der Waals surface area contributed by atoms with E-state index in [0.29, 0.717) is 6.42 Å². The third-order valence-corrected chi connectivity index (χ3v) is 10.9. The van der Waals surface area contributed by atoms with Crippen LogP contribution < -0.4 is 10.2 Å². The van der Waals surface area contributed by atoms with Gasteiger partial charge in [-0.15, -0.1) is 0 Å². The molecule has 0 atom stereocenters. The Balaban J connectivity index is -0.000000258. The van der Waals surface area contributed by atoms with Gasteiger partial charge in [0.05, 0.1) is 0 Å². The van der Waals surface area contributed by atoms with Crippen LogP contribution in [0.4, 0.5) is 0 Å². The Morgan fingerprint density at radius 1 is 0.323 bits per heavy atom. The first-order chi connectivity index (χ1) is 29.3. The molecule has 0 aromatic heterocycles. The molecule has 0 aliphatic heterocycles. The molecule has 0 bridgehead atoms. The Kier molecular flexibility index (Phi) is 73.3. The van der Waals surface area contributed by atoms with Crippen LogP contribution in [0.1, 0.15) is 290 Å². The molecule has 0 aromatic rings. The molecule has 362 valence electrons. The van der Waals surface area contributed by atoms with Crippen molar-refractivity contribution in [3.8, 4) is 0 Å². The van der Waals surface area contributed by atoms with Gasteiger partial charge in [-0.05, 0) is 109 Å². The molecule has 0 aliphatic carbocycles. The molecule has 0 unspecified atom stereocenters. The third kappa shape index (κ3) is 78.6. The zero-order valence-electron chi connectivity index (χ0n) is 41.2. The average molecular weight is 889 g/mol. The molecule has 0 saturated heterocycles. The third-order valence-electron chi connectivity index (χ3n) is 10.9. The predicted octanol–water partition coefficient (Wildman–Crippen LogP) is 15.1. The molecule has 0 saturated carbocycles. The minimum absolute atomic E-state index is 0. The maximum Gasteiger partial charge on any atom is 3.00 e. The summed E-state index contributed by atoms with van der Waals surface area (Å²) in [6.07, 6.45) is 63.0. The molecular weight excluding hydrogens is 788 g/mol. The average Bonchev–Trinajstić information content (AvgIpc) is 3.22. The number of aliphatic carboxylic acids is 3. The maximum absolute atomic E-state index is 10.3. The van der Waals surface area contributed by atoms with Gasteiger partial charge in [0.15, 0.2) is 0 Å². The van der Waals surface area contributed by atoms with Crippen molar-refractivity contribution in [2.45, 2.75) is 290 Å². The van der Waals surface area contributed by atoms with E-state index in [1.807, 2.05) is 0 Å². The van der Waals surface area contributed by atoms with Gasteiger partial charge >= 0.3 is 23.3 Å². The van der Waals surface area contributed by atoms with Gasteiger partial charge in [-0.25, -0.2) is 0 Å². The first-order valence-electron chi connectivity index (χ1n) is 25.9. The van der Waals surface area contributed by atoms with Crippen molar-refractivity contribution in [1.82, 2.24) is 0 Å². The fourth-order valence-corrected chi connectivity index (χ4v) is 7.03. The molecule has 2 N–H and O–H groups in total. The van der Waals surface area contributed by atoms with E-state index in [1.54, 1.807) is 0 Å². The van der Waals surface area contributed by atoms with Crippen LogP contribution in [0.25, 0.3) is 0 Å². The van der Waals surface area contributed by atoms with Gasteiger partial charge in [-0.2, -0.15) is 0 Å². The number of carboxylic acids is 3. The normalized spacial score (nSPS) is 10.9. The molecule has 0 amide bonds. The molecule has 8 heteroatoms. The topological polar surface area (TPSA) is 148 Å². The number of carboxylic acid groups (broad SMARTS) is 3. The van der Waals surface area contributed by atoms with Gasteiger partial charge in [0.2, 0.25) is 0 Å². The van der Waals surface area contributed by atoms with Crippen molar-refractivity contribution in [3.63, 3.8) is 0 Å². The quantitative estimate of drug-likeness (QED) is 0.0363. The van der Waals surface area contributed by atoms with E-state index in [4.69, 9.17) is 5.11 Å². The summed E-state index contributed by atoms with van der Waals surface area (Å²) in [4.78, 5) is 30.8. The Morgan fingerprint density at radius 2 is 0.500 bits per heavy atom. The van der Waals surface area contributed by atoms with E-state index in [9.17, 15) is 24.6 Å². The van der Waals surface area contributed by atoms with E-state index in [0.717, 1.165) is 51.4 Å². The molecule has 0 rings (SSSR count). The molecule has 0 fully saturated rings. The SMILES string of the molecule is CCCCCCCC/C=C\CCCCCCCC(=O)O.CCCCCCCC/C=C\CCCCCCCC(=O)[O-].CCCCCCCC/C=C\CCCCCCCC(=O)[O-].[Al+3].[OH-]. The van der Waals surface area contributed by atoms with Crippen molar-refractivity contribution in [3.05, 3.63) is 36.5 Å². The second kappa shape index (κ2) is 65.7. The van der Waals surface area contributed by atoms with Gasteiger partial charge in [0.25, 0.3) is 0 Å². The van der Waals surface area contributed by atoms with Crippen molar-refractivity contribution in [2.75, 3.05) is 0 Å². The van der Waals surface area contributed by atoms with Crippen LogP contribution in [0.3, 0.4) is 0 Å². The molecule has 0 heterocycles. The van der Waals surface area contributed by atoms with E-state index in [-0.39, 0.29) is 35.7 Å². The van der Waals surface area contributed by atoms with Gasteiger partial charge in [-0.3, -0.25) is 4.79 Å². The van der Waals surface area contributed by atoms with E-state index in [2.05, 4.69) is 57.2 Å². The van der Waals surface area contributed by atoms with E-state index >= 15 is 0 Å². The van der Waals surface area contributed by atoms with Crippen LogP contribution in [0.2, 0.25) is 0 Å². The van der Waals surface area contributed by atoms with Crippen LogP contribution >= 0.6 is 0 Å². The molecule has 7 nitrogen and oxygen atoms in total. The van der Waals surface area contributed by atoms with Crippen molar-refractivity contribution in [2.24, 2.45) is 0 Å². The second-order valence-electron chi connectivity index (χ2n) is 17.1. The smallest absolute Gasteiger partial charge is 0.870 e. The number of hydrogen-bond donors (Lipinski definition) is 1. The van der Waals surface area contributed by atoms with Crippen LogP contribution in [0, 0.1) is 0 Å². The summed E-state index contributed by atoms with van der Waals surface area (Å²) >= 11 is 0. The molecule has 0 radical (unpaired) electrons. The Labute approximate surface area is 395 Å². The van der Waals surface area contributed by atoms with Crippen LogP contribution in [0.15, 0.2) is 36.5 Å². The fraction of sp³-hybridized carbons (Fsp3) is 0.833. The predicted molar refractivity (Wildman–Crippen MR) is 264 cm³/mol. The number of hydrogen-bond acceptors (Lipinski definition) is 6. The first-order valence-corrected chi connectivity index (χ1v) is 25.9. The molecular formula is C54H101AlO7. The van der Waals surface area contributed by atoms with Gasteiger partial charge < -0.3 is 30.4 Å². The van der Waals surface area contributed by atoms with Gasteiger partial charge in [0.1, 0.15) is 0 Å². The van der Waals surface area contributed by atoms with Crippen LogP contribution in [0.5, 0.6) is 0 Å². The summed E-state index contributed by atoms with van der Waals surface area (Å²) in [6, 6.07) is 0. The first kappa shape index (κ1) is 69.2. The summed E-state index contributed by atoms with van der Waals surface area (Å²) in [5.74, 6) is -2.49. The number of allylic oxidation sites excluding steroid dienone is 6. The summed E-state index contributed by atoms with van der Waals surface area (Å²) in [5, 5.41) is 28.9. The zero-order valence-corrected chi connectivity index (χ0v) is 42.3. The Morgan fingerprint density at radius 3 is 0.694 bits per heavy atom. The van der Waals surface area contributed by atoms with Crippen molar-refractivity contribution >= 4 is 35.3 Å². The Hall–Kier alpha value is -1.88.